The molecular formula is C22H17ClFN3O5S. The highest BCUT2D eigenvalue weighted by Gasteiger charge is 2.18. The number of nitro benzene ring substituents is 1. The van der Waals surface area contributed by atoms with Crippen LogP contribution >= 0.6 is 23.4 Å². The molecule has 33 heavy (non-hydrogen) atoms. The molecule has 0 spiro atoms. The Hall–Kier alpha value is -3.63. The summed E-state index contributed by atoms with van der Waals surface area (Å²) in [5, 5.41) is 14.1. The van der Waals surface area contributed by atoms with Gasteiger partial charge in [0.05, 0.1) is 20.6 Å². The van der Waals surface area contributed by atoms with E-state index in [1.807, 2.05) is 0 Å². The molecule has 0 aliphatic carbocycles. The number of nitro groups is 1. The van der Waals surface area contributed by atoms with Crippen LogP contribution in [0.1, 0.15) is 15.9 Å². The second kappa shape index (κ2) is 10.8. The topological polar surface area (TPSA) is 125 Å². The number of nitrogens with two attached hydrogens (primary N) is 1. The highest BCUT2D eigenvalue weighted by molar-refractivity contribution is 8.00. The maximum atomic E-state index is 13.3. The molecule has 11 heteroatoms. The van der Waals surface area contributed by atoms with Gasteiger partial charge in [0.2, 0.25) is 11.8 Å². The third-order valence-corrected chi connectivity index (χ3v) is 5.66. The second-order valence-corrected chi connectivity index (χ2v) is 8.13. The monoisotopic (exact) mass is 489 g/mol. The molecule has 0 atom stereocenters. The number of thioether (sulfide) groups is 1. The number of carbonyl (C=O) groups excluding carboxylic acids is 2. The predicted octanol–water partition coefficient (Wildman–Crippen LogP) is 4.80. The Kier molecular flexibility index (Phi) is 7.86. The van der Waals surface area contributed by atoms with Gasteiger partial charge in [-0.3, -0.25) is 19.7 Å². The van der Waals surface area contributed by atoms with Crippen molar-refractivity contribution in [3.8, 4) is 5.75 Å². The molecule has 0 saturated carbocycles. The van der Waals surface area contributed by atoms with Crippen molar-refractivity contribution in [1.29, 1.82) is 0 Å². The van der Waals surface area contributed by atoms with Crippen LogP contribution in [0.25, 0.3) is 0 Å². The van der Waals surface area contributed by atoms with Crippen molar-refractivity contribution in [2.24, 2.45) is 5.73 Å². The number of hydrogen-bond donors (Lipinski definition) is 2. The smallest absolute Gasteiger partial charge is 0.283 e. The first kappa shape index (κ1) is 24.0. The Balaban J connectivity index is 1.59. The summed E-state index contributed by atoms with van der Waals surface area (Å²) in [6.07, 6.45) is 0. The summed E-state index contributed by atoms with van der Waals surface area (Å²) >= 11 is 7.15. The SMILES string of the molecule is NC(=O)c1ccc(SCC(=O)Nc2ccc(OCc3cccc(F)c3)c(Cl)c2)c([N+](=O)[O-])c1. The molecule has 0 unspecified atom stereocenters. The van der Waals surface area contributed by atoms with Gasteiger partial charge in [-0.2, -0.15) is 0 Å². The zero-order valence-corrected chi connectivity index (χ0v) is 18.5. The lowest BCUT2D eigenvalue weighted by Crippen LogP contribution is -2.14. The van der Waals surface area contributed by atoms with E-state index in [-0.39, 0.29) is 39.3 Å². The minimum absolute atomic E-state index is 0.00449. The summed E-state index contributed by atoms with van der Waals surface area (Å²) in [6.45, 7) is 0.118. The predicted molar refractivity (Wildman–Crippen MR) is 123 cm³/mol. The van der Waals surface area contributed by atoms with Crippen molar-refractivity contribution in [2.45, 2.75) is 11.5 Å². The fourth-order valence-electron chi connectivity index (χ4n) is 2.76. The van der Waals surface area contributed by atoms with Crippen LogP contribution in [-0.2, 0) is 11.4 Å². The van der Waals surface area contributed by atoms with E-state index in [1.165, 1.54) is 30.3 Å². The molecule has 3 rings (SSSR count). The Morgan fingerprint density at radius 2 is 1.94 bits per heavy atom. The third-order valence-electron chi connectivity index (χ3n) is 4.30. The average Bonchev–Trinajstić information content (AvgIpc) is 2.77. The summed E-state index contributed by atoms with van der Waals surface area (Å²) in [4.78, 5) is 34.4. The van der Waals surface area contributed by atoms with Crippen LogP contribution in [-0.4, -0.2) is 22.5 Å². The fraction of sp³-hybridized carbons (Fsp3) is 0.0909. The number of anilines is 1. The van der Waals surface area contributed by atoms with Crippen LogP contribution in [0.3, 0.4) is 0 Å². The van der Waals surface area contributed by atoms with Gasteiger partial charge in [0, 0.05) is 17.3 Å². The van der Waals surface area contributed by atoms with E-state index in [0.29, 0.717) is 17.0 Å². The molecule has 0 radical (unpaired) electrons. The van der Waals surface area contributed by atoms with Gasteiger partial charge in [-0.1, -0.05) is 23.7 Å². The van der Waals surface area contributed by atoms with E-state index in [9.17, 15) is 24.1 Å². The molecule has 0 fully saturated rings. The van der Waals surface area contributed by atoms with Crippen molar-refractivity contribution in [3.63, 3.8) is 0 Å². The number of ether oxygens (including phenoxy) is 1. The van der Waals surface area contributed by atoms with Crippen LogP contribution in [0.15, 0.2) is 65.6 Å². The fourth-order valence-corrected chi connectivity index (χ4v) is 3.80. The lowest BCUT2D eigenvalue weighted by molar-refractivity contribution is -0.387. The van der Waals surface area contributed by atoms with Crippen molar-refractivity contribution >= 4 is 46.6 Å². The van der Waals surface area contributed by atoms with Gasteiger partial charge in [0.1, 0.15) is 18.2 Å². The molecule has 2 amide bonds. The molecule has 3 aromatic carbocycles. The van der Waals surface area contributed by atoms with Crippen molar-refractivity contribution in [2.75, 3.05) is 11.1 Å². The van der Waals surface area contributed by atoms with E-state index < -0.39 is 16.7 Å². The number of benzene rings is 3. The van der Waals surface area contributed by atoms with E-state index in [2.05, 4.69) is 5.32 Å². The molecule has 3 aromatic rings. The van der Waals surface area contributed by atoms with E-state index >= 15 is 0 Å². The highest BCUT2D eigenvalue weighted by atomic mass is 35.5. The summed E-state index contributed by atoms with van der Waals surface area (Å²) < 4.78 is 18.8. The highest BCUT2D eigenvalue weighted by Crippen LogP contribution is 2.31. The molecule has 0 aromatic heterocycles. The van der Waals surface area contributed by atoms with Crippen LogP contribution in [0.5, 0.6) is 5.75 Å². The number of amides is 2. The number of hydrogen-bond acceptors (Lipinski definition) is 6. The Morgan fingerprint density at radius 3 is 2.61 bits per heavy atom. The largest absolute Gasteiger partial charge is 0.487 e. The molecule has 8 nitrogen and oxygen atoms in total. The van der Waals surface area contributed by atoms with Crippen molar-refractivity contribution < 1.29 is 23.6 Å². The molecule has 170 valence electrons. The van der Waals surface area contributed by atoms with Gasteiger partial charge in [-0.15, -0.1) is 11.8 Å². The Bertz CT molecular complexity index is 1220. The summed E-state index contributed by atoms with van der Waals surface area (Å²) in [5.74, 6) is -1.33. The molecule has 0 aliphatic heterocycles. The first-order valence-corrected chi connectivity index (χ1v) is 10.8. The molecular weight excluding hydrogens is 473 g/mol. The maximum absolute atomic E-state index is 13.3. The van der Waals surface area contributed by atoms with Crippen LogP contribution in [0.2, 0.25) is 5.02 Å². The first-order chi connectivity index (χ1) is 15.7. The minimum atomic E-state index is -0.785. The Labute approximate surface area is 197 Å². The van der Waals surface area contributed by atoms with Gasteiger partial charge in [-0.25, -0.2) is 4.39 Å². The zero-order chi connectivity index (χ0) is 24.0. The molecule has 0 bridgehead atoms. The summed E-state index contributed by atoms with van der Waals surface area (Å²) in [6, 6.07) is 14.4. The molecule has 0 heterocycles. The van der Waals surface area contributed by atoms with Crippen LogP contribution < -0.4 is 15.8 Å². The van der Waals surface area contributed by atoms with E-state index in [0.717, 1.165) is 17.8 Å². The van der Waals surface area contributed by atoms with Gasteiger partial charge in [0.15, 0.2) is 0 Å². The number of nitrogens with one attached hydrogen (secondary N) is 1. The normalized spacial score (nSPS) is 10.5. The Morgan fingerprint density at radius 1 is 1.15 bits per heavy atom. The maximum Gasteiger partial charge on any atom is 0.283 e. The second-order valence-electron chi connectivity index (χ2n) is 6.70. The van der Waals surface area contributed by atoms with Gasteiger partial charge in [-0.05, 0) is 48.0 Å². The van der Waals surface area contributed by atoms with Crippen molar-refractivity contribution in [1.82, 2.24) is 0 Å². The number of rotatable bonds is 9. The van der Waals surface area contributed by atoms with Crippen LogP contribution in [0, 0.1) is 15.9 Å². The lowest BCUT2D eigenvalue weighted by atomic mass is 10.2. The minimum Gasteiger partial charge on any atom is -0.487 e. The number of nitrogens with zero attached hydrogens (tertiary/aromatic N) is 1. The number of halogens is 2. The first-order valence-electron chi connectivity index (χ1n) is 9.40. The number of carbonyl (C=O) groups is 2. The molecule has 0 saturated heterocycles. The average molecular weight is 490 g/mol. The van der Waals surface area contributed by atoms with Gasteiger partial charge < -0.3 is 15.8 Å². The van der Waals surface area contributed by atoms with Gasteiger partial charge in [0.25, 0.3) is 5.69 Å². The van der Waals surface area contributed by atoms with Gasteiger partial charge >= 0.3 is 0 Å². The third kappa shape index (κ3) is 6.67. The van der Waals surface area contributed by atoms with E-state index in [1.54, 1.807) is 24.3 Å². The molecule has 3 N–H and O–H groups in total. The molecule has 0 aliphatic rings. The van der Waals surface area contributed by atoms with Crippen molar-refractivity contribution in [3.05, 3.63) is 92.7 Å². The van der Waals surface area contributed by atoms with E-state index in [4.69, 9.17) is 22.1 Å². The summed E-state index contributed by atoms with van der Waals surface area (Å²) in [7, 11) is 0. The zero-order valence-electron chi connectivity index (χ0n) is 16.9. The summed E-state index contributed by atoms with van der Waals surface area (Å²) in [5.41, 5.74) is 5.88. The standard InChI is InChI=1S/C22H17ClFN3O5S/c23-17-10-16(5-6-19(17)32-11-13-2-1-3-15(24)8-13)26-21(28)12-33-20-7-4-14(22(25)29)9-18(20)27(30)31/h1-10H,11-12H2,(H2,25,29)(H,26,28). The number of primary amides is 1. The lowest BCUT2D eigenvalue weighted by Gasteiger charge is -2.11. The quantitative estimate of drug-likeness (QED) is 0.253. The van der Waals surface area contributed by atoms with Crippen LogP contribution in [0.4, 0.5) is 15.8 Å².